The van der Waals surface area contributed by atoms with Crippen molar-refractivity contribution in [3.63, 3.8) is 0 Å². The molecule has 1 saturated heterocycles. The number of hydrogen-bond donors (Lipinski definition) is 1. The van der Waals surface area contributed by atoms with E-state index in [4.69, 9.17) is 4.42 Å². The number of hydrogen-bond acceptors (Lipinski definition) is 4. The summed E-state index contributed by atoms with van der Waals surface area (Å²) in [7, 11) is 0. The van der Waals surface area contributed by atoms with Crippen molar-refractivity contribution in [3.05, 3.63) is 45.0 Å². The van der Waals surface area contributed by atoms with E-state index in [1.807, 2.05) is 0 Å². The first kappa shape index (κ1) is 14.8. The van der Waals surface area contributed by atoms with Crippen LogP contribution in [0.25, 0.3) is 0 Å². The van der Waals surface area contributed by atoms with Crippen molar-refractivity contribution in [1.29, 1.82) is 0 Å². The summed E-state index contributed by atoms with van der Waals surface area (Å²) in [6, 6.07) is 7.87. The maximum absolute atomic E-state index is 12.1. The summed E-state index contributed by atoms with van der Waals surface area (Å²) in [6.07, 6.45) is 2.47. The molecule has 2 aromatic heterocycles. The van der Waals surface area contributed by atoms with E-state index < -0.39 is 0 Å². The summed E-state index contributed by atoms with van der Waals surface area (Å²) in [5.41, 5.74) is 0. The number of amides is 1. The van der Waals surface area contributed by atoms with Gasteiger partial charge in [0, 0.05) is 11.4 Å². The van der Waals surface area contributed by atoms with Crippen LogP contribution >= 0.6 is 27.3 Å². The number of carbonyl (C=O) groups is 1. The average molecular weight is 369 g/mol. The summed E-state index contributed by atoms with van der Waals surface area (Å²) in [4.78, 5) is 15.9. The monoisotopic (exact) mass is 368 g/mol. The predicted octanol–water partition coefficient (Wildman–Crippen LogP) is 3.67. The molecule has 1 N–H and O–H groups in total. The van der Waals surface area contributed by atoms with Gasteiger partial charge < -0.3 is 9.73 Å². The van der Waals surface area contributed by atoms with Crippen molar-refractivity contribution < 1.29 is 9.21 Å². The van der Waals surface area contributed by atoms with Gasteiger partial charge in [-0.1, -0.05) is 6.07 Å². The standard InChI is InChI=1S/C15H17BrN2O2S/c16-14-6-5-12(20-14)15(19)17-10-11(13-4-3-9-21-13)18-7-1-2-8-18/h3-6,9,11H,1-2,7-8,10H2,(H,17,19). The van der Waals surface area contributed by atoms with E-state index in [0.29, 0.717) is 17.0 Å². The molecule has 1 fully saturated rings. The Kier molecular flexibility index (Phi) is 4.77. The summed E-state index contributed by atoms with van der Waals surface area (Å²) in [6.45, 7) is 2.81. The minimum absolute atomic E-state index is 0.165. The normalized spacial score (nSPS) is 17.0. The molecule has 2 aromatic rings. The van der Waals surface area contributed by atoms with Crippen molar-refractivity contribution in [1.82, 2.24) is 10.2 Å². The Balaban J connectivity index is 1.66. The molecule has 3 rings (SSSR count). The third kappa shape index (κ3) is 3.56. The highest BCUT2D eigenvalue weighted by Crippen LogP contribution is 2.28. The van der Waals surface area contributed by atoms with Gasteiger partial charge in [-0.25, -0.2) is 0 Å². The Labute approximate surface area is 136 Å². The molecule has 1 aliphatic heterocycles. The van der Waals surface area contributed by atoms with E-state index >= 15 is 0 Å². The number of thiophene rings is 1. The third-order valence-electron chi connectivity index (χ3n) is 3.71. The zero-order valence-corrected chi connectivity index (χ0v) is 14.0. The smallest absolute Gasteiger partial charge is 0.287 e. The second kappa shape index (κ2) is 6.77. The van der Waals surface area contributed by atoms with Gasteiger partial charge in [0.1, 0.15) is 0 Å². The minimum atomic E-state index is -0.165. The van der Waals surface area contributed by atoms with Gasteiger partial charge in [-0.3, -0.25) is 9.69 Å². The molecule has 1 atom stereocenters. The quantitative estimate of drug-likeness (QED) is 0.875. The zero-order valence-electron chi connectivity index (χ0n) is 11.5. The lowest BCUT2D eigenvalue weighted by atomic mass is 10.2. The number of carbonyl (C=O) groups excluding carboxylic acids is 1. The molecule has 1 unspecified atom stereocenters. The van der Waals surface area contributed by atoms with Crippen LogP contribution < -0.4 is 5.32 Å². The molecule has 3 heterocycles. The molecular weight excluding hydrogens is 352 g/mol. The van der Waals surface area contributed by atoms with Crippen LogP contribution in [-0.4, -0.2) is 30.4 Å². The lowest BCUT2D eigenvalue weighted by Gasteiger charge is -2.26. The number of halogens is 1. The summed E-state index contributed by atoms with van der Waals surface area (Å²) >= 11 is 4.96. The van der Waals surface area contributed by atoms with E-state index in [0.717, 1.165) is 13.1 Å². The van der Waals surface area contributed by atoms with Gasteiger partial charge in [-0.05, 0) is 65.4 Å². The van der Waals surface area contributed by atoms with E-state index in [1.54, 1.807) is 23.5 Å². The molecule has 1 amide bonds. The fraction of sp³-hybridized carbons (Fsp3) is 0.400. The molecule has 4 nitrogen and oxygen atoms in total. The molecular formula is C15H17BrN2O2S. The molecule has 0 spiro atoms. The Morgan fingerprint density at radius 1 is 1.38 bits per heavy atom. The van der Waals surface area contributed by atoms with Crippen LogP contribution in [0.15, 0.2) is 38.7 Å². The highest BCUT2D eigenvalue weighted by atomic mass is 79.9. The lowest BCUT2D eigenvalue weighted by molar-refractivity contribution is 0.0909. The zero-order chi connectivity index (χ0) is 14.7. The van der Waals surface area contributed by atoms with Crippen molar-refractivity contribution in [2.75, 3.05) is 19.6 Å². The summed E-state index contributed by atoms with van der Waals surface area (Å²) in [5.74, 6) is 0.176. The fourth-order valence-electron chi connectivity index (χ4n) is 2.66. The highest BCUT2D eigenvalue weighted by Gasteiger charge is 2.25. The fourth-order valence-corrected chi connectivity index (χ4v) is 3.82. The molecule has 0 saturated carbocycles. The van der Waals surface area contributed by atoms with Gasteiger partial charge in [0.05, 0.1) is 6.04 Å². The van der Waals surface area contributed by atoms with Crippen LogP contribution in [0.1, 0.15) is 34.3 Å². The second-order valence-electron chi connectivity index (χ2n) is 5.09. The van der Waals surface area contributed by atoms with Gasteiger partial charge in [0.2, 0.25) is 0 Å². The number of furan rings is 1. The molecule has 1 aliphatic rings. The Morgan fingerprint density at radius 3 is 2.81 bits per heavy atom. The minimum Gasteiger partial charge on any atom is -0.444 e. The number of nitrogens with one attached hydrogen (secondary N) is 1. The van der Waals surface area contributed by atoms with Crippen molar-refractivity contribution in [2.45, 2.75) is 18.9 Å². The van der Waals surface area contributed by atoms with E-state index in [1.165, 1.54) is 17.7 Å². The van der Waals surface area contributed by atoms with Crippen LogP contribution in [0.2, 0.25) is 0 Å². The van der Waals surface area contributed by atoms with Crippen molar-refractivity contribution >= 4 is 33.2 Å². The second-order valence-corrected chi connectivity index (χ2v) is 6.85. The first-order chi connectivity index (χ1) is 10.2. The van der Waals surface area contributed by atoms with E-state index in [9.17, 15) is 4.79 Å². The number of likely N-dealkylation sites (tertiary alicyclic amines) is 1. The highest BCUT2D eigenvalue weighted by molar-refractivity contribution is 9.10. The maximum atomic E-state index is 12.1. The number of nitrogens with zero attached hydrogens (tertiary/aromatic N) is 1. The van der Waals surface area contributed by atoms with Gasteiger partial charge in [0.25, 0.3) is 5.91 Å². The summed E-state index contributed by atoms with van der Waals surface area (Å²) < 4.78 is 5.86. The summed E-state index contributed by atoms with van der Waals surface area (Å²) in [5, 5.41) is 5.08. The first-order valence-electron chi connectivity index (χ1n) is 7.05. The van der Waals surface area contributed by atoms with Gasteiger partial charge in [-0.15, -0.1) is 11.3 Å². The Morgan fingerprint density at radius 2 is 2.19 bits per heavy atom. The Hall–Kier alpha value is -1.11. The predicted molar refractivity (Wildman–Crippen MR) is 86.6 cm³/mol. The van der Waals surface area contributed by atoms with Crippen molar-refractivity contribution in [2.24, 2.45) is 0 Å². The maximum Gasteiger partial charge on any atom is 0.287 e. The lowest BCUT2D eigenvalue weighted by Crippen LogP contribution is -2.36. The van der Waals surface area contributed by atoms with Gasteiger partial charge in [0.15, 0.2) is 10.4 Å². The SMILES string of the molecule is O=C(NCC(c1cccs1)N1CCCC1)c1ccc(Br)o1. The van der Waals surface area contributed by atoms with Crippen LogP contribution in [0.4, 0.5) is 0 Å². The molecule has 0 aromatic carbocycles. The van der Waals surface area contributed by atoms with Gasteiger partial charge >= 0.3 is 0 Å². The van der Waals surface area contributed by atoms with E-state index in [-0.39, 0.29) is 11.9 Å². The average Bonchev–Trinajstić information content (AvgIpc) is 3.21. The van der Waals surface area contributed by atoms with Crippen molar-refractivity contribution in [3.8, 4) is 0 Å². The topological polar surface area (TPSA) is 45.5 Å². The Bertz CT molecular complexity index is 591. The third-order valence-corrected chi connectivity index (χ3v) is 5.11. The van der Waals surface area contributed by atoms with Crippen LogP contribution in [0, 0.1) is 0 Å². The van der Waals surface area contributed by atoms with Crippen LogP contribution in [-0.2, 0) is 0 Å². The molecule has 112 valence electrons. The van der Waals surface area contributed by atoms with Crippen LogP contribution in [0.5, 0.6) is 0 Å². The van der Waals surface area contributed by atoms with E-state index in [2.05, 4.69) is 43.7 Å². The first-order valence-corrected chi connectivity index (χ1v) is 8.72. The van der Waals surface area contributed by atoms with Gasteiger partial charge in [-0.2, -0.15) is 0 Å². The largest absolute Gasteiger partial charge is 0.444 e. The van der Waals surface area contributed by atoms with Crippen LogP contribution in [0.3, 0.4) is 0 Å². The molecule has 0 bridgehead atoms. The molecule has 0 radical (unpaired) electrons. The molecule has 21 heavy (non-hydrogen) atoms. The molecule has 0 aliphatic carbocycles. The molecule has 6 heteroatoms. The number of rotatable bonds is 5.